The molecule has 0 bridgehead atoms. The molecule has 1 aliphatic rings. The van der Waals surface area contributed by atoms with E-state index in [0.717, 1.165) is 0 Å². The first-order chi connectivity index (χ1) is 17.0. The molecule has 8 atom stereocenters. The fraction of sp³-hybridized carbons (Fsp3) is 0.810. The van der Waals surface area contributed by atoms with Gasteiger partial charge in [0.05, 0.1) is 6.61 Å². The smallest absolute Gasteiger partial charge is 0.379 e. The monoisotopic (exact) mass is 543 g/mol. The van der Waals surface area contributed by atoms with Gasteiger partial charge in [-0.15, -0.1) is 0 Å². The average molecular weight is 544 g/mol. The molecule has 0 saturated carbocycles. The Kier molecular flexibility index (Phi) is 11.7. The van der Waals surface area contributed by atoms with Crippen LogP contribution < -0.4 is 16.0 Å². The van der Waals surface area contributed by atoms with Crippen molar-refractivity contribution < 1.29 is 63.3 Å². The third kappa shape index (κ3) is 7.75. The third-order valence-corrected chi connectivity index (χ3v) is 5.98. The second-order valence-electron chi connectivity index (χ2n) is 8.99. The van der Waals surface area contributed by atoms with Crippen molar-refractivity contribution in [3.8, 4) is 0 Å². The van der Waals surface area contributed by atoms with Crippen LogP contribution in [-0.2, 0) is 23.9 Å². The summed E-state index contributed by atoms with van der Waals surface area (Å²) in [5.74, 6) is -13.8. The Morgan fingerprint density at radius 3 is 2.08 bits per heavy atom. The van der Waals surface area contributed by atoms with Crippen molar-refractivity contribution in [2.24, 2.45) is 5.92 Å². The maximum absolute atomic E-state index is 14.7. The van der Waals surface area contributed by atoms with Crippen LogP contribution in [0.3, 0.4) is 0 Å². The van der Waals surface area contributed by atoms with Gasteiger partial charge in [-0.1, -0.05) is 13.3 Å². The molecule has 37 heavy (non-hydrogen) atoms. The number of amides is 3. The van der Waals surface area contributed by atoms with E-state index in [4.69, 9.17) is 10.2 Å². The summed E-state index contributed by atoms with van der Waals surface area (Å²) in [6.45, 7) is 2.75. The minimum atomic E-state index is -4.79. The lowest BCUT2D eigenvalue weighted by Crippen LogP contribution is -2.73. The van der Waals surface area contributed by atoms with Crippen LogP contribution in [-0.4, -0.2) is 116 Å². The number of ether oxygens (including phenoxy) is 1. The van der Waals surface area contributed by atoms with Crippen LogP contribution in [0.1, 0.15) is 40.0 Å². The van der Waals surface area contributed by atoms with Crippen molar-refractivity contribution in [2.75, 3.05) is 13.2 Å². The Balaban J connectivity index is 2.52. The predicted octanol–water partition coefficient (Wildman–Crippen LogP) is -3.20. The molecule has 0 aromatic heterocycles. The van der Waals surface area contributed by atoms with E-state index in [-0.39, 0.29) is 25.8 Å². The number of carboxylic acids is 1. The van der Waals surface area contributed by atoms with E-state index in [1.807, 2.05) is 5.32 Å². The molecule has 3 amide bonds. The van der Waals surface area contributed by atoms with Gasteiger partial charge in [0.15, 0.2) is 0 Å². The van der Waals surface area contributed by atoms with Gasteiger partial charge >= 0.3 is 11.9 Å². The van der Waals surface area contributed by atoms with E-state index in [0.29, 0.717) is 0 Å². The Labute approximate surface area is 211 Å². The molecule has 1 saturated heterocycles. The minimum absolute atomic E-state index is 0.119. The zero-order valence-corrected chi connectivity index (χ0v) is 20.6. The first-order valence-electron chi connectivity index (χ1n) is 11.6. The number of carbonyl (C=O) groups is 4. The van der Waals surface area contributed by atoms with Gasteiger partial charge in [-0.2, -0.15) is 8.78 Å². The molecule has 16 heteroatoms. The number of carboxylic acid groups (broad SMARTS) is 1. The maximum atomic E-state index is 14.7. The van der Waals surface area contributed by atoms with Crippen molar-refractivity contribution in [1.82, 2.24) is 16.0 Å². The summed E-state index contributed by atoms with van der Waals surface area (Å²) in [4.78, 5) is 47.0. The van der Waals surface area contributed by atoms with E-state index in [1.165, 1.54) is 13.8 Å². The number of aliphatic hydroxyl groups is 5. The third-order valence-electron chi connectivity index (χ3n) is 5.98. The normalized spacial score (nSPS) is 28.5. The highest BCUT2D eigenvalue weighted by atomic mass is 19.3. The van der Waals surface area contributed by atoms with E-state index in [9.17, 15) is 48.4 Å². The Morgan fingerprint density at radius 2 is 1.54 bits per heavy atom. The summed E-state index contributed by atoms with van der Waals surface area (Å²) >= 11 is 0. The maximum Gasteiger partial charge on any atom is 0.379 e. The number of aliphatic carboxylic acids is 1. The van der Waals surface area contributed by atoms with Gasteiger partial charge < -0.3 is 51.3 Å². The molecular formula is C21H35F2N3O11. The van der Waals surface area contributed by atoms with Crippen LogP contribution in [0.15, 0.2) is 0 Å². The van der Waals surface area contributed by atoms with Gasteiger partial charge in [0.2, 0.25) is 11.8 Å². The zero-order valence-electron chi connectivity index (χ0n) is 20.6. The van der Waals surface area contributed by atoms with Crippen molar-refractivity contribution >= 4 is 23.7 Å². The highest BCUT2D eigenvalue weighted by Gasteiger charge is 2.69. The standard InChI is InChI=1S/C21H35F2N3O11/c1-9(16(31)25-10(2)17(32)26-11(3)18(33)34)6-4-5-7-24-19(35)20(22,23)21(36)15(30)14(29)13(28)12(8-27)37-21/h9-15,27-30,36H,4-8H2,1-3H3,(H,24,35)(H,25,31)(H,26,32)(H,33,34)/t9-,10-,11-,12+,13-,14-,15+,21+/m0/s1. The summed E-state index contributed by atoms with van der Waals surface area (Å²) in [5, 5.41) is 63.8. The Morgan fingerprint density at radius 1 is 0.973 bits per heavy atom. The fourth-order valence-electron chi connectivity index (χ4n) is 3.42. The van der Waals surface area contributed by atoms with Crippen molar-refractivity contribution in [3.63, 3.8) is 0 Å². The molecule has 214 valence electrons. The fourth-order valence-corrected chi connectivity index (χ4v) is 3.42. The zero-order chi connectivity index (χ0) is 28.7. The molecule has 1 rings (SSSR count). The van der Waals surface area contributed by atoms with Crippen molar-refractivity contribution in [2.45, 2.75) is 88.2 Å². The molecule has 0 aromatic carbocycles. The first-order valence-corrected chi connectivity index (χ1v) is 11.6. The second kappa shape index (κ2) is 13.3. The van der Waals surface area contributed by atoms with Crippen molar-refractivity contribution in [3.05, 3.63) is 0 Å². The number of halogens is 2. The second-order valence-corrected chi connectivity index (χ2v) is 8.99. The summed E-state index contributed by atoms with van der Waals surface area (Å²) in [6.07, 6.45) is -8.37. The van der Waals surface area contributed by atoms with Gasteiger partial charge in [0.1, 0.15) is 36.5 Å². The van der Waals surface area contributed by atoms with Crippen LogP contribution in [0.5, 0.6) is 0 Å². The molecule has 0 aliphatic carbocycles. The average Bonchev–Trinajstić information content (AvgIpc) is 2.83. The minimum Gasteiger partial charge on any atom is -0.480 e. The van der Waals surface area contributed by atoms with Crippen LogP contribution in [0.2, 0.25) is 0 Å². The SMILES string of the molecule is C[C@H](NC(=O)[C@H](C)NC(=O)[C@@H](C)CCCCNC(=O)C(F)(F)[C@]1(O)O[C@H](CO)[C@H](O)[C@H](O)[C@H]1O)C(=O)O. The van der Waals surface area contributed by atoms with Crippen LogP contribution >= 0.6 is 0 Å². The molecule has 14 nitrogen and oxygen atoms in total. The molecule has 9 N–H and O–H groups in total. The molecule has 1 heterocycles. The van der Waals surface area contributed by atoms with Crippen molar-refractivity contribution in [1.29, 1.82) is 0 Å². The van der Waals surface area contributed by atoms with E-state index in [2.05, 4.69) is 15.4 Å². The molecule has 1 aliphatic heterocycles. The summed E-state index contributed by atoms with van der Waals surface area (Å²) in [5.41, 5.74) is 0. The van der Waals surface area contributed by atoms with Crippen LogP contribution in [0.25, 0.3) is 0 Å². The molecule has 0 aromatic rings. The van der Waals surface area contributed by atoms with E-state index in [1.54, 1.807) is 6.92 Å². The lowest BCUT2D eigenvalue weighted by Gasteiger charge is -2.47. The summed E-state index contributed by atoms with van der Waals surface area (Å²) in [7, 11) is 0. The quantitative estimate of drug-likeness (QED) is 0.105. The number of alkyl halides is 2. The number of nitrogens with one attached hydrogen (secondary N) is 3. The predicted molar refractivity (Wildman–Crippen MR) is 119 cm³/mol. The first kappa shape index (κ1) is 32.5. The van der Waals surface area contributed by atoms with Crippen LogP contribution in [0.4, 0.5) is 8.78 Å². The topological polar surface area (TPSA) is 235 Å². The summed E-state index contributed by atoms with van der Waals surface area (Å²) < 4.78 is 33.8. The van der Waals surface area contributed by atoms with Gasteiger partial charge in [-0.05, 0) is 26.7 Å². The van der Waals surface area contributed by atoms with E-state index < -0.39 is 84.4 Å². The largest absolute Gasteiger partial charge is 0.480 e. The van der Waals surface area contributed by atoms with Gasteiger partial charge in [-0.25, -0.2) is 0 Å². The number of carbonyl (C=O) groups excluding carboxylic acids is 3. The van der Waals surface area contributed by atoms with Crippen LogP contribution in [0, 0.1) is 5.92 Å². The van der Waals surface area contributed by atoms with Gasteiger partial charge in [-0.3, -0.25) is 19.2 Å². The molecule has 0 radical (unpaired) electrons. The lowest BCUT2D eigenvalue weighted by atomic mass is 9.88. The van der Waals surface area contributed by atoms with Gasteiger partial charge in [0.25, 0.3) is 11.7 Å². The number of rotatable bonds is 13. The molecule has 0 spiro atoms. The van der Waals surface area contributed by atoms with E-state index >= 15 is 0 Å². The number of hydrogen-bond acceptors (Lipinski definition) is 10. The lowest BCUT2D eigenvalue weighted by molar-refractivity contribution is -0.401. The Bertz CT molecular complexity index is 832. The number of aliphatic hydroxyl groups excluding tert-OH is 4. The Hall–Kier alpha value is -2.50. The van der Waals surface area contributed by atoms with Gasteiger partial charge in [0, 0.05) is 12.5 Å². The highest BCUT2D eigenvalue weighted by Crippen LogP contribution is 2.40. The summed E-state index contributed by atoms with van der Waals surface area (Å²) in [6, 6.07) is -2.15. The molecular weight excluding hydrogens is 508 g/mol. The number of unbranched alkanes of at least 4 members (excludes halogenated alkanes) is 1. The number of hydrogen-bond donors (Lipinski definition) is 9. The highest BCUT2D eigenvalue weighted by molar-refractivity contribution is 5.90. The molecule has 1 fully saturated rings. The molecule has 0 unspecified atom stereocenters.